The molecular formula is C24H21N5O2. The van der Waals surface area contributed by atoms with Gasteiger partial charge < -0.3 is 14.1 Å². The molecule has 5 aromatic rings. The number of carbonyl (C=O) groups excluding carboxylic acids is 1. The monoisotopic (exact) mass is 411 g/mol. The molecule has 3 aromatic heterocycles. The van der Waals surface area contributed by atoms with Crippen molar-refractivity contribution in [3.8, 4) is 16.9 Å². The molecule has 0 aliphatic rings. The van der Waals surface area contributed by atoms with Crippen molar-refractivity contribution in [1.82, 2.24) is 19.4 Å². The SMILES string of the molecule is CCOc1cccc(-c2ccc3[nH]c(NC(=O)c4cn5c(C)cccc5n4)nc3c2)c1. The molecule has 0 spiro atoms. The van der Waals surface area contributed by atoms with Crippen LogP contribution in [0, 0.1) is 6.92 Å². The number of benzene rings is 2. The number of anilines is 1. The standard InChI is InChI=1S/C24H21N5O2/c1-3-31-18-8-5-7-16(12-18)17-10-11-19-20(13-17)27-24(26-19)28-23(30)21-14-29-15(2)6-4-9-22(29)25-21/h4-14H,3H2,1-2H3,(H2,26,27,28,30). The number of rotatable bonds is 5. The van der Waals surface area contributed by atoms with E-state index in [0.29, 0.717) is 18.2 Å². The summed E-state index contributed by atoms with van der Waals surface area (Å²) in [7, 11) is 0. The molecule has 0 saturated heterocycles. The fourth-order valence-corrected chi connectivity index (χ4v) is 3.61. The van der Waals surface area contributed by atoms with Gasteiger partial charge >= 0.3 is 0 Å². The normalized spacial score (nSPS) is 11.2. The van der Waals surface area contributed by atoms with E-state index in [-0.39, 0.29) is 5.91 Å². The van der Waals surface area contributed by atoms with Crippen molar-refractivity contribution in [3.63, 3.8) is 0 Å². The summed E-state index contributed by atoms with van der Waals surface area (Å²) in [6.07, 6.45) is 1.73. The molecule has 2 N–H and O–H groups in total. The Morgan fingerprint density at radius 3 is 2.74 bits per heavy atom. The van der Waals surface area contributed by atoms with Gasteiger partial charge in [-0.15, -0.1) is 0 Å². The highest BCUT2D eigenvalue weighted by atomic mass is 16.5. The topological polar surface area (TPSA) is 84.3 Å². The van der Waals surface area contributed by atoms with Gasteiger partial charge in [-0.2, -0.15) is 0 Å². The number of nitrogens with one attached hydrogen (secondary N) is 2. The van der Waals surface area contributed by atoms with Gasteiger partial charge in [0, 0.05) is 11.9 Å². The van der Waals surface area contributed by atoms with Crippen molar-refractivity contribution in [2.75, 3.05) is 11.9 Å². The fourth-order valence-electron chi connectivity index (χ4n) is 3.61. The summed E-state index contributed by atoms with van der Waals surface area (Å²) in [5, 5.41) is 2.81. The first-order valence-corrected chi connectivity index (χ1v) is 10.1. The van der Waals surface area contributed by atoms with E-state index in [0.717, 1.165) is 39.3 Å². The molecule has 154 valence electrons. The first-order chi connectivity index (χ1) is 15.1. The summed E-state index contributed by atoms with van der Waals surface area (Å²) >= 11 is 0. The summed E-state index contributed by atoms with van der Waals surface area (Å²) in [5.41, 5.74) is 5.74. The van der Waals surface area contributed by atoms with E-state index < -0.39 is 0 Å². The Morgan fingerprint density at radius 1 is 1.06 bits per heavy atom. The van der Waals surface area contributed by atoms with E-state index in [2.05, 4.69) is 20.3 Å². The minimum absolute atomic E-state index is 0.313. The summed E-state index contributed by atoms with van der Waals surface area (Å²) < 4.78 is 7.48. The zero-order valence-corrected chi connectivity index (χ0v) is 17.2. The van der Waals surface area contributed by atoms with Gasteiger partial charge in [0.2, 0.25) is 5.95 Å². The van der Waals surface area contributed by atoms with Crippen LogP contribution < -0.4 is 10.1 Å². The molecule has 0 fully saturated rings. The molecule has 0 bridgehead atoms. The van der Waals surface area contributed by atoms with Gasteiger partial charge in [-0.05, 0) is 61.4 Å². The molecule has 31 heavy (non-hydrogen) atoms. The molecular weight excluding hydrogens is 390 g/mol. The number of imidazole rings is 2. The van der Waals surface area contributed by atoms with Gasteiger partial charge in [0.15, 0.2) is 0 Å². The zero-order valence-electron chi connectivity index (χ0n) is 17.2. The Morgan fingerprint density at radius 2 is 1.90 bits per heavy atom. The molecule has 0 unspecified atom stereocenters. The number of aromatic nitrogens is 4. The molecule has 7 nitrogen and oxygen atoms in total. The quantitative estimate of drug-likeness (QED) is 0.434. The third-order valence-electron chi connectivity index (χ3n) is 5.12. The lowest BCUT2D eigenvalue weighted by Gasteiger charge is -2.06. The summed E-state index contributed by atoms with van der Waals surface area (Å²) in [5.74, 6) is 0.901. The van der Waals surface area contributed by atoms with E-state index in [4.69, 9.17) is 4.74 Å². The maximum absolute atomic E-state index is 12.7. The Balaban J connectivity index is 1.41. The van der Waals surface area contributed by atoms with Crippen molar-refractivity contribution in [1.29, 1.82) is 0 Å². The highest BCUT2D eigenvalue weighted by Crippen LogP contribution is 2.27. The number of nitrogens with zero attached hydrogens (tertiary/aromatic N) is 3. The second kappa shape index (κ2) is 7.60. The number of carbonyl (C=O) groups is 1. The summed E-state index contributed by atoms with van der Waals surface area (Å²) in [6.45, 7) is 4.56. The largest absolute Gasteiger partial charge is 0.494 e. The number of H-pyrrole nitrogens is 1. The van der Waals surface area contributed by atoms with Crippen LogP contribution >= 0.6 is 0 Å². The van der Waals surface area contributed by atoms with Gasteiger partial charge in [0.05, 0.1) is 17.6 Å². The minimum atomic E-state index is -0.313. The van der Waals surface area contributed by atoms with Crippen LogP contribution in [0.2, 0.25) is 0 Å². The molecule has 7 heteroatoms. The lowest BCUT2D eigenvalue weighted by molar-refractivity contribution is 0.102. The van der Waals surface area contributed by atoms with Gasteiger partial charge in [0.1, 0.15) is 17.1 Å². The van der Waals surface area contributed by atoms with Gasteiger partial charge in [-0.1, -0.05) is 24.3 Å². The van der Waals surface area contributed by atoms with E-state index in [1.165, 1.54) is 0 Å². The maximum Gasteiger partial charge on any atom is 0.278 e. The molecule has 0 aliphatic heterocycles. The van der Waals surface area contributed by atoms with E-state index >= 15 is 0 Å². The third kappa shape index (κ3) is 3.61. The lowest BCUT2D eigenvalue weighted by atomic mass is 10.0. The average molecular weight is 411 g/mol. The molecule has 1 amide bonds. The van der Waals surface area contributed by atoms with Crippen molar-refractivity contribution in [3.05, 3.63) is 78.2 Å². The van der Waals surface area contributed by atoms with Crippen LogP contribution in [0.25, 0.3) is 27.8 Å². The van der Waals surface area contributed by atoms with Crippen LogP contribution in [0.3, 0.4) is 0 Å². The number of hydrogen-bond donors (Lipinski definition) is 2. The average Bonchev–Trinajstić information content (AvgIpc) is 3.38. The number of aryl methyl sites for hydroxylation is 1. The molecule has 5 rings (SSSR count). The van der Waals surface area contributed by atoms with E-state index in [9.17, 15) is 4.79 Å². The Bertz CT molecular complexity index is 1420. The van der Waals surface area contributed by atoms with Crippen LogP contribution in [0.15, 0.2) is 66.9 Å². The lowest BCUT2D eigenvalue weighted by Crippen LogP contribution is -2.13. The summed E-state index contributed by atoms with van der Waals surface area (Å²) in [6, 6.07) is 19.7. The number of aromatic amines is 1. The molecule has 0 saturated carbocycles. The van der Waals surface area contributed by atoms with Crippen LogP contribution in [0.4, 0.5) is 5.95 Å². The van der Waals surface area contributed by atoms with Gasteiger partial charge in [-0.25, -0.2) is 9.97 Å². The molecule has 0 atom stereocenters. The number of pyridine rings is 1. The van der Waals surface area contributed by atoms with Crippen molar-refractivity contribution in [2.45, 2.75) is 13.8 Å². The predicted octanol–water partition coefficient (Wildman–Crippen LogP) is 4.84. The summed E-state index contributed by atoms with van der Waals surface area (Å²) in [4.78, 5) is 24.8. The molecule has 2 aromatic carbocycles. The van der Waals surface area contributed by atoms with Crippen molar-refractivity contribution >= 4 is 28.5 Å². The Kier molecular flexibility index (Phi) is 4.63. The number of fused-ring (bicyclic) bond motifs is 2. The van der Waals surface area contributed by atoms with Crippen LogP contribution in [-0.2, 0) is 0 Å². The minimum Gasteiger partial charge on any atom is -0.494 e. The predicted molar refractivity (Wildman–Crippen MR) is 121 cm³/mol. The second-order valence-corrected chi connectivity index (χ2v) is 7.25. The zero-order chi connectivity index (χ0) is 21.4. The van der Waals surface area contributed by atoms with Crippen LogP contribution in [0.1, 0.15) is 23.1 Å². The van der Waals surface area contributed by atoms with Crippen LogP contribution in [0.5, 0.6) is 5.75 Å². The van der Waals surface area contributed by atoms with E-state index in [1.807, 2.05) is 78.9 Å². The molecule has 3 heterocycles. The van der Waals surface area contributed by atoms with Crippen molar-refractivity contribution in [2.24, 2.45) is 0 Å². The molecule has 0 aliphatic carbocycles. The number of ether oxygens (including phenoxy) is 1. The smallest absolute Gasteiger partial charge is 0.278 e. The van der Waals surface area contributed by atoms with Crippen molar-refractivity contribution < 1.29 is 9.53 Å². The fraction of sp³-hybridized carbons (Fsp3) is 0.125. The highest BCUT2D eigenvalue weighted by Gasteiger charge is 2.14. The maximum atomic E-state index is 12.7. The van der Waals surface area contributed by atoms with Crippen LogP contribution in [-0.4, -0.2) is 31.9 Å². The number of hydrogen-bond acceptors (Lipinski definition) is 4. The van der Waals surface area contributed by atoms with Gasteiger partial charge in [0.25, 0.3) is 5.91 Å². The third-order valence-corrected chi connectivity index (χ3v) is 5.12. The number of amides is 1. The first-order valence-electron chi connectivity index (χ1n) is 10.1. The first kappa shape index (κ1) is 18.9. The molecule has 0 radical (unpaired) electrons. The Hall–Kier alpha value is -4.13. The highest BCUT2D eigenvalue weighted by molar-refractivity contribution is 6.03. The Labute approximate surface area is 178 Å². The second-order valence-electron chi connectivity index (χ2n) is 7.25. The van der Waals surface area contributed by atoms with E-state index in [1.54, 1.807) is 6.20 Å². The van der Waals surface area contributed by atoms with Gasteiger partial charge in [-0.3, -0.25) is 10.1 Å².